The van der Waals surface area contributed by atoms with E-state index in [2.05, 4.69) is 9.47 Å². The molecule has 2 aromatic rings. The van der Waals surface area contributed by atoms with Gasteiger partial charge in [-0.1, -0.05) is 30.3 Å². The summed E-state index contributed by atoms with van der Waals surface area (Å²) in [5, 5.41) is 0. The Hall–Kier alpha value is -2.37. The summed E-state index contributed by atoms with van der Waals surface area (Å²) < 4.78 is 72.1. The lowest BCUT2D eigenvalue weighted by Gasteiger charge is -2.13. The Bertz CT molecular complexity index is 639. The van der Waals surface area contributed by atoms with E-state index in [0.29, 0.717) is 0 Å². The molecule has 0 unspecified atom stereocenters. The molecule has 0 bridgehead atoms. The molecule has 0 heterocycles. The normalized spacial score (nSPS) is 13.8. The van der Waals surface area contributed by atoms with Gasteiger partial charge in [-0.05, 0) is 5.56 Å². The van der Waals surface area contributed by atoms with Crippen molar-refractivity contribution in [3.8, 4) is 17.2 Å². The summed E-state index contributed by atoms with van der Waals surface area (Å²) in [5.74, 6) is -0.966. The smallest absolute Gasteiger partial charge is 0.496 e. The third-order valence-corrected chi connectivity index (χ3v) is 2.45. The van der Waals surface area contributed by atoms with Crippen LogP contribution in [-0.4, -0.2) is 13.4 Å². The van der Waals surface area contributed by atoms with Crippen molar-refractivity contribution in [1.29, 1.82) is 0 Å². The standard InChI is InChI=1S/C15H13F3O3/c1-19-12-7-13(9-14(8-12)21-15(16,17)18)20-10-11-5-3-2-4-6-11/h2-9H,10H2,1H3/i1D3. The van der Waals surface area contributed by atoms with Crippen molar-refractivity contribution in [2.24, 2.45) is 0 Å². The van der Waals surface area contributed by atoms with Gasteiger partial charge in [-0.2, -0.15) is 0 Å². The number of alkyl halides is 3. The Balaban J connectivity index is 2.21. The lowest BCUT2D eigenvalue weighted by atomic mass is 10.2. The first-order valence-corrected chi connectivity index (χ1v) is 5.87. The van der Waals surface area contributed by atoms with Gasteiger partial charge >= 0.3 is 6.36 Å². The topological polar surface area (TPSA) is 27.7 Å². The van der Waals surface area contributed by atoms with Crippen molar-refractivity contribution in [2.45, 2.75) is 13.0 Å². The molecular weight excluding hydrogens is 285 g/mol. The van der Waals surface area contributed by atoms with Crippen LogP contribution in [0.25, 0.3) is 0 Å². The van der Waals surface area contributed by atoms with Crippen LogP contribution in [0.2, 0.25) is 0 Å². The zero-order valence-corrected chi connectivity index (χ0v) is 10.7. The minimum atomic E-state index is -4.92. The molecule has 21 heavy (non-hydrogen) atoms. The van der Waals surface area contributed by atoms with Gasteiger partial charge in [0.15, 0.2) is 0 Å². The van der Waals surface area contributed by atoms with Crippen molar-refractivity contribution in [2.75, 3.05) is 7.04 Å². The lowest BCUT2D eigenvalue weighted by Crippen LogP contribution is -2.17. The van der Waals surface area contributed by atoms with E-state index < -0.39 is 19.1 Å². The van der Waals surface area contributed by atoms with Crippen molar-refractivity contribution in [3.05, 3.63) is 54.1 Å². The second kappa shape index (κ2) is 6.39. The molecule has 0 spiro atoms. The molecule has 0 aromatic heterocycles. The number of rotatable bonds is 5. The van der Waals surface area contributed by atoms with Crippen molar-refractivity contribution in [3.63, 3.8) is 0 Å². The first-order valence-electron chi connectivity index (χ1n) is 7.37. The molecule has 0 aliphatic rings. The third-order valence-electron chi connectivity index (χ3n) is 2.45. The van der Waals surface area contributed by atoms with E-state index in [9.17, 15) is 13.2 Å². The van der Waals surface area contributed by atoms with Gasteiger partial charge in [0.25, 0.3) is 0 Å². The van der Waals surface area contributed by atoms with E-state index in [0.717, 1.165) is 17.7 Å². The number of methoxy groups -OCH3 is 1. The summed E-state index contributed by atoms with van der Waals surface area (Å²) in [6, 6.07) is 11.9. The van der Waals surface area contributed by atoms with Crippen molar-refractivity contribution in [1.82, 2.24) is 0 Å². The Morgan fingerprint density at radius 1 is 1.00 bits per heavy atom. The molecule has 0 saturated heterocycles. The van der Waals surface area contributed by atoms with Crippen LogP contribution >= 0.6 is 0 Å². The molecule has 0 atom stereocenters. The van der Waals surface area contributed by atoms with Crippen LogP contribution < -0.4 is 14.2 Å². The Morgan fingerprint density at radius 2 is 1.67 bits per heavy atom. The first-order chi connectivity index (χ1) is 11.1. The van der Waals surface area contributed by atoms with E-state index >= 15 is 0 Å². The van der Waals surface area contributed by atoms with E-state index in [4.69, 9.17) is 8.85 Å². The predicted octanol–water partition coefficient (Wildman–Crippen LogP) is 4.17. The zero-order chi connectivity index (χ0) is 17.8. The lowest BCUT2D eigenvalue weighted by molar-refractivity contribution is -0.274. The number of hydrogen-bond donors (Lipinski definition) is 0. The second-order valence-corrected chi connectivity index (χ2v) is 4.06. The minimum absolute atomic E-state index is 0.0140. The fourth-order valence-corrected chi connectivity index (χ4v) is 1.62. The van der Waals surface area contributed by atoms with Crippen LogP contribution in [0, 0.1) is 0 Å². The Morgan fingerprint density at radius 3 is 2.33 bits per heavy atom. The average Bonchev–Trinajstić information content (AvgIpc) is 2.42. The number of hydrogen-bond acceptors (Lipinski definition) is 3. The Kier molecular flexibility index (Phi) is 3.44. The molecule has 0 fully saturated rings. The maximum atomic E-state index is 12.4. The summed E-state index contributed by atoms with van der Waals surface area (Å²) in [6.45, 7) is 0.0868. The summed E-state index contributed by atoms with van der Waals surface area (Å²) in [5.41, 5.74) is 0.790. The Labute approximate surface area is 124 Å². The van der Waals surface area contributed by atoms with Gasteiger partial charge < -0.3 is 14.2 Å². The largest absolute Gasteiger partial charge is 0.573 e. The monoisotopic (exact) mass is 301 g/mol. The van der Waals surface area contributed by atoms with E-state index in [1.54, 1.807) is 24.3 Å². The number of benzene rings is 2. The summed E-state index contributed by atoms with van der Waals surface area (Å²) in [6.07, 6.45) is -4.92. The fourth-order valence-electron chi connectivity index (χ4n) is 1.62. The van der Waals surface area contributed by atoms with Crippen LogP contribution in [0.1, 0.15) is 9.68 Å². The molecule has 6 heteroatoms. The highest BCUT2D eigenvalue weighted by Crippen LogP contribution is 2.31. The summed E-state index contributed by atoms with van der Waals surface area (Å²) in [7, 11) is -2.81. The molecular formula is C15H13F3O3. The molecule has 0 N–H and O–H groups in total. The highest BCUT2D eigenvalue weighted by Gasteiger charge is 2.31. The summed E-state index contributed by atoms with van der Waals surface area (Å²) >= 11 is 0. The molecule has 3 nitrogen and oxygen atoms in total. The van der Waals surface area contributed by atoms with E-state index in [1.807, 2.05) is 6.07 Å². The van der Waals surface area contributed by atoms with Crippen molar-refractivity contribution < 1.29 is 31.5 Å². The molecule has 0 saturated carbocycles. The highest BCUT2D eigenvalue weighted by atomic mass is 19.4. The highest BCUT2D eigenvalue weighted by molar-refractivity contribution is 5.42. The third kappa shape index (κ3) is 4.91. The van der Waals surface area contributed by atoms with Crippen LogP contribution in [-0.2, 0) is 6.61 Å². The van der Waals surface area contributed by atoms with Gasteiger partial charge in [0.2, 0.25) is 0 Å². The maximum Gasteiger partial charge on any atom is 0.573 e. The van der Waals surface area contributed by atoms with Crippen LogP contribution in [0.3, 0.4) is 0 Å². The van der Waals surface area contributed by atoms with Crippen LogP contribution in [0.4, 0.5) is 13.2 Å². The van der Waals surface area contributed by atoms with Gasteiger partial charge in [0, 0.05) is 18.2 Å². The average molecular weight is 301 g/mol. The number of ether oxygens (including phenoxy) is 3. The van der Waals surface area contributed by atoms with Gasteiger partial charge in [0.1, 0.15) is 23.9 Å². The molecule has 0 aliphatic carbocycles. The van der Waals surface area contributed by atoms with E-state index in [1.165, 1.54) is 6.07 Å². The first kappa shape index (κ1) is 11.3. The fraction of sp³-hybridized carbons (Fsp3) is 0.200. The van der Waals surface area contributed by atoms with Gasteiger partial charge in [-0.25, -0.2) is 0 Å². The molecule has 2 aromatic carbocycles. The maximum absolute atomic E-state index is 12.4. The molecule has 112 valence electrons. The second-order valence-electron chi connectivity index (χ2n) is 4.06. The SMILES string of the molecule is [2H]C([2H])([2H])Oc1cc(OCc2ccccc2)cc(OC(F)(F)F)c1. The van der Waals surface area contributed by atoms with Crippen molar-refractivity contribution >= 4 is 0 Å². The van der Waals surface area contributed by atoms with E-state index in [-0.39, 0.29) is 18.1 Å². The molecule has 0 amide bonds. The molecule has 0 radical (unpaired) electrons. The molecule has 0 aliphatic heterocycles. The van der Waals surface area contributed by atoms with Gasteiger partial charge in [0.05, 0.1) is 11.2 Å². The molecule has 2 rings (SSSR count). The van der Waals surface area contributed by atoms with Gasteiger partial charge in [-0.3, -0.25) is 0 Å². The predicted molar refractivity (Wildman–Crippen MR) is 70.5 cm³/mol. The zero-order valence-electron chi connectivity index (χ0n) is 13.7. The van der Waals surface area contributed by atoms with Crippen LogP contribution in [0.5, 0.6) is 17.2 Å². The van der Waals surface area contributed by atoms with Gasteiger partial charge in [-0.15, -0.1) is 13.2 Å². The summed E-state index contributed by atoms with van der Waals surface area (Å²) in [4.78, 5) is 0. The number of halogens is 3. The van der Waals surface area contributed by atoms with Crippen LogP contribution in [0.15, 0.2) is 48.5 Å². The quantitative estimate of drug-likeness (QED) is 0.829. The minimum Gasteiger partial charge on any atom is -0.496 e.